The summed E-state index contributed by atoms with van der Waals surface area (Å²) in [6, 6.07) is 10.9. The van der Waals surface area contributed by atoms with Gasteiger partial charge in [0.1, 0.15) is 5.69 Å². The highest BCUT2D eigenvalue weighted by molar-refractivity contribution is 6.42. The lowest BCUT2D eigenvalue weighted by molar-refractivity contribution is 0.0721. The second-order valence-corrected chi connectivity index (χ2v) is 8.30. The van der Waals surface area contributed by atoms with Gasteiger partial charge >= 0.3 is 0 Å². The Kier molecular flexibility index (Phi) is 5.93. The highest BCUT2D eigenvalue weighted by atomic mass is 35.5. The lowest BCUT2D eigenvalue weighted by Gasteiger charge is -2.23. The Morgan fingerprint density at radius 3 is 2.67 bits per heavy atom. The molecule has 3 aromatic rings. The fraction of sp³-hybridized carbons (Fsp3) is 0.261. The Labute approximate surface area is 185 Å². The molecule has 154 valence electrons. The third-order valence-electron chi connectivity index (χ3n) is 5.37. The maximum Gasteiger partial charge on any atom is 0.271 e. The van der Waals surface area contributed by atoms with Crippen LogP contribution in [0.2, 0.25) is 10.0 Å². The first-order valence-corrected chi connectivity index (χ1v) is 10.6. The van der Waals surface area contributed by atoms with E-state index >= 15 is 0 Å². The molecule has 0 spiro atoms. The maximum absolute atomic E-state index is 13.5. The number of halogens is 2. The van der Waals surface area contributed by atoms with E-state index in [4.69, 9.17) is 23.2 Å². The van der Waals surface area contributed by atoms with Crippen LogP contribution in [-0.2, 0) is 19.5 Å². The summed E-state index contributed by atoms with van der Waals surface area (Å²) in [5.41, 5.74) is 4.36. The van der Waals surface area contributed by atoms with Crippen molar-refractivity contribution in [2.75, 3.05) is 0 Å². The molecule has 1 aliphatic rings. The minimum absolute atomic E-state index is 0.102. The number of aromatic amines is 1. The van der Waals surface area contributed by atoms with E-state index in [1.807, 2.05) is 31.2 Å². The van der Waals surface area contributed by atoms with Crippen LogP contribution in [0.15, 0.2) is 42.6 Å². The van der Waals surface area contributed by atoms with E-state index < -0.39 is 0 Å². The molecule has 2 aromatic heterocycles. The molecule has 0 bridgehead atoms. The van der Waals surface area contributed by atoms with Crippen molar-refractivity contribution in [3.05, 3.63) is 86.4 Å². The van der Waals surface area contributed by atoms with E-state index in [1.54, 1.807) is 23.2 Å². The van der Waals surface area contributed by atoms with Crippen LogP contribution in [0.25, 0.3) is 0 Å². The smallest absolute Gasteiger partial charge is 0.271 e. The number of fused-ring (bicyclic) bond motifs is 1. The third kappa shape index (κ3) is 4.13. The van der Waals surface area contributed by atoms with Gasteiger partial charge in [0.25, 0.3) is 5.91 Å². The van der Waals surface area contributed by atoms with Crippen molar-refractivity contribution in [1.82, 2.24) is 14.9 Å². The number of Topliss-reactive ketones (excluding diaryl/α,β-unsaturated/α-hetero) is 1. The van der Waals surface area contributed by atoms with Crippen molar-refractivity contribution in [3.63, 3.8) is 0 Å². The van der Waals surface area contributed by atoms with Crippen LogP contribution in [-0.4, -0.2) is 26.6 Å². The van der Waals surface area contributed by atoms with Gasteiger partial charge in [-0.15, -0.1) is 0 Å². The Morgan fingerprint density at radius 2 is 1.97 bits per heavy atom. The van der Waals surface area contributed by atoms with Gasteiger partial charge < -0.3 is 9.88 Å². The van der Waals surface area contributed by atoms with Gasteiger partial charge in [-0.05, 0) is 55.2 Å². The number of carbonyl (C=O) groups is 2. The van der Waals surface area contributed by atoms with Crippen molar-refractivity contribution in [2.24, 2.45) is 0 Å². The Morgan fingerprint density at radius 1 is 1.13 bits per heavy atom. The van der Waals surface area contributed by atoms with Crippen LogP contribution in [0, 0.1) is 6.92 Å². The van der Waals surface area contributed by atoms with Crippen LogP contribution in [0.4, 0.5) is 0 Å². The largest absolute Gasteiger partial charge is 0.354 e. The Balaban J connectivity index is 1.69. The van der Waals surface area contributed by atoms with Crippen molar-refractivity contribution in [2.45, 2.75) is 39.3 Å². The molecule has 1 aromatic carbocycles. The van der Waals surface area contributed by atoms with E-state index in [9.17, 15) is 9.59 Å². The number of hydrogen-bond donors (Lipinski definition) is 1. The second-order valence-electron chi connectivity index (χ2n) is 7.49. The molecule has 0 saturated heterocycles. The molecule has 5 nitrogen and oxygen atoms in total. The summed E-state index contributed by atoms with van der Waals surface area (Å²) in [6.45, 7) is 2.50. The number of aryl methyl sites for hydroxylation is 1. The number of benzene rings is 1. The molecular formula is C23H21Cl2N3O2. The predicted molar refractivity (Wildman–Crippen MR) is 117 cm³/mol. The quantitative estimate of drug-likeness (QED) is 0.577. The van der Waals surface area contributed by atoms with Gasteiger partial charge in [-0.25, -0.2) is 0 Å². The normalized spacial score (nSPS) is 13.2. The number of hydrogen-bond acceptors (Lipinski definition) is 3. The van der Waals surface area contributed by atoms with Gasteiger partial charge in [0, 0.05) is 30.4 Å². The molecule has 1 amide bonds. The lowest BCUT2D eigenvalue weighted by Crippen LogP contribution is -2.31. The molecule has 7 heteroatoms. The molecule has 0 aliphatic heterocycles. The number of nitrogens with one attached hydrogen (secondary N) is 1. The van der Waals surface area contributed by atoms with Crippen LogP contribution in [0.5, 0.6) is 0 Å². The van der Waals surface area contributed by atoms with Crippen molar-refractivity contribution < 1.29 is 9.59 Å². The van der Waals surface area contributed by atoms with Crippen LogP contribution in [0.1, 0.15) is 56.2 Å². The zero-order chi connectivity index (χ0) is 21.3. The molecule has 4 rings (SSSR count). The number of H-pyrrole nitrogens is 1. The molecule has 0 radical (unpaired) electrons. The number of amides is 1. The lowest BCUT2D eigenvalue weighted by atomic mass is 9.93. The number of ketones is 1. The first kappa shape index (κ1) is 20.6. The minimum atomic E-state index is -0.175. The zero-order valence-corrected chi connectivity index (χ0v) is 18.1. The van der Waals surface area contributed by atoms with E-state index in [1.165, 1.54) is 0 Å². The molecule has 0 atom stereocenters. The van der Waals surface area contributed by atoms with Crippen LogP contribution >= 0.6 is 23.2 Å². The standard InChI is InChI=1S/C23H21Cl2N3O2/c1-14-21-19(6-4-7-20(21)29)27-22(14)23(30)28(13-16-5-2-3-10-26-16)12-15-8-9-17(24)18(25)11-15/h2-3,5,8-11,27H,4,6-7,12-13H2,1H3. The fourth-order valence-electron chi connectivity index (χ4n) is 3.89. The number of carbonyl (C=O) groups excluding carboxylic acids is 2. The highest BCUT2D eigenvalue weighted by Crippen LogP contribution is 2.28. The number of pyridine rings is 1. The van der Waals surface area contributed by atoms with Gasteiger partial charge in [-0.2, -0.15) is 0 Å². The van der Waals surface area contributed by atoms with E-state index in [0.717, 1.165) is 35.4 Å². The van der Waals surface area contributed by atoms with Gasteiger partial charge in [-0.3, -0.25) is 14.6 Å². The first-order chi connectivity index (χ1) is 14.4. The van der Waals surface area contributed by atoms with Crippen molar-refractivity contribution in [1.29, 1.82) is 0 Å². The molecule has 30 heavy (non-hydrogen) atoms. The van der Waals surface area contributed by atoms with Crippen molar-refractivity contribution in [3.8, 4) is 0 Å². The molecule has 0 saturated carbocycles. The van der Waals surface area contributed by atoms with E-state index in [2.05, 4.69) is 9.97 Å². The monoisotopic (exact) mass is 441 g/mol. The minimum Gasteiger partial charge on any atom is -0.354 e. The van der Waals surface area contributed by atoms with Crippen molar-refractivity contribution >= 4 is 34.9 Å². The second kappa shape index (κ2) is 8.62. The SMILES string of the molecule is Cc1c(C(=O)N(Cc2ccc(Cl)c(Cl)c2)Cc2ccccn2)[nH]c2c1C(=O)CCC2. The van der Waals surface area contributed by atoms with Gasteiger partial charge in [0.15, 0.2) is 5.78 Å². The van der Waals surface area contributed by atoms with Crippen LogP contribution in [0.3, 0.4) is 0 Å². The molecule has 0 unspecified atom stereocenters. The summed E-state index contributed by atoms with van der Waals surface area (Å²) in [6.07, 6.45) is 3.82. The topological polar surface area (TPSA) is 66.1 Å². The molecular weight excluding hydrogens is 421 g/mol. The molecule has 2 heterocycles. The summed E-state index contributed by atoms with van der Waals surface area (Å²) in [5, 5.41) is 0.908. The number of nitrogens with zero attached hydrogens (tertiary/aromatic N) is 2. The summed E-state index contributed by atoms with van der Waals surface area (Å²) >= 11 is 12.2. The van der Waals surface area contributed by atoms with E-state index in [-0.39, 0.29) is 11.7 Å². The average Bonchev–Trinajstić information content (AvgIpc) is 3.08. The molecule has 1 aliphatic carbocycles. The summed E-state index contributed by atoms with van der Waals surface area (Å²) in [5.74, 6) is -0.0729. The number of rotatable bonds is 5. The third-order valence-corrected chi connectivity index (χ3v) is 6.11. The Hall–Kier alpha value is -2.63. The Bertz CT molecular complexity index is 1110. The van der Waals surface area contributed by atoms with Gasteiger partial charge in [0.2, 0.25) is 0 Å². The maximum atomic E-state index is 13.5. The predicted octanol–water partition coefficient (Wildman–Crippen LogP) is 5.39. The summed E-state index contributed by atoms with van der Waals surface area (Å²) in [4.78, 5) is 35.2. The number of aromatic nitrogens is 2. The van der Waals surface area contributed by atoms with Crippen LogP contribution < -0.4 is 0 Å². The molecule has 0 fully saturated rings. The zero-order valence-electron chi connectivity index (χ0n) is 16.5. The van der Waals surface area contributed by atoms with Gasteiger partial charge in [-0.1, -0.05) is 35.3 Å². The molecule has 1 N–H and O–H groups in total. The first-order valence-electron chi connectivity index (χ1n) is 9.82. The fourth-order valence-corrected chi connectivity index (χ4v) is 4.21. The summed E-state index contributed by atoms with van der Waals surface area (Å²) < 4.78 is 0. The van der Waals surface area contributed by atoms with Gasteiger partial charge in [0.05, 0.1) is 22.3 Å². The summed E-state index contributed by atoms with van der Waals surface area (Å²) in [7, 11) is 0. The van der Waals surface area contributed by atoms with E-state index in [0.29, 0.717) is 40.8 Å². The highest BCUT2D eigenvalue weighted by Gasteiger charge is 2.28. The average molecular weight is 442 g/mol.